The van der Waals surface area contributed by atoms with Crippen LogP contribution in [-0.4, -0.2) is 16.8 Å². The van der Waals surface area contributed by atoms with Gasteiger partial charge in [0.05, 0.1) is 22.3 Å². The maximum atomic E-state index is 13.9. The average molecular weight is 566 g/mol. The molecule has 0 saturated heterocycles. The number of carbonyl (C=O) groups excluding carboxylic acids is 2. The number of rotatable bonds is 5. The highest BCUT2D eigenvalue weighted by Crippen LogP contribution is 2.39. The first kappa shape index (κ1) is 26.2. The SMILES string of the molecule is Cc1ccc(-c2cc(C(=O)Nc3sc4c(c3C(=O)Nc3ccc(Cl)cc3)CCCC4)c3ccccc3n2)cc1C. The lowest BCUT2D eigenvalue weighted by molar-refractivity contribution is 0.102. The van der Waals surface area contributed by atoms with Crippen molar-refractivity contribution in [3.63, 3.8) is 0 Å². The molecule has 0 saturated carbocycles. The Morgan fingerprint density at radius 3 is 2.42 bits per heavy atom. The number of nitrogens with zero attached hydrogens (tertiary/aromatic N) is 1. The molecule has 2 N–H and O–H groups in total. The van der Waals surface area contributed by atoms with Crippen molar-refractivity contribution in [2.75, 3.05) is 10.6 Å². The molecule has 0 fully saturated rings. The molecule has 40 heavy (non-hydrogen) atoms. The molecule has 2 amide bonds. The van der Waals surface area contributed by atoms with E-state index in [0.29, 0.717) is 26.8 Å². The number of aryl methyl sites for hydroxylation is 3. The highest BCUT2D eigenvalue weighted by molar-refractivity contribution is 7.17. The van der Waals surface area contributed by atoms with E-state index in [1.54, 1.807) is 24.3 Å². The average Bonchev–Trinajstić information content (AvgIpc) is 3.33. The molecular weight excluding hydrogens is 538 g/mol. The van der Waals surface area contributed by atoms with Crippen molar-refractivity contribution in [2.45, 2.75) is 39.5 Å². The van der Waals surface area contributed by atoms with E-state index < -0.39 is 0 Å². The number of nitrogens with one attached hydrogen (secondary N) is 2. The molecule has 1 aliphatic rings. The number of para-hydroxylation sites is 1. The van der Waals surface area contributed by atoms with Crippen LogP contribution >= 0.6 is 22.9 Å². The number of amides is 2. The smallest absolute Gasteiger partial charge is 0.258 e. The molecule has 5 nitrogen and oxygen atoms in total. The van der Waals surface area contributed by atoms with E-state index in [4.69, 9.17) is 16.6 Å². The van der Waals surface area contributed by atoms with Gasteiger partial charge < -0.3 is 10.6 Å². The molecule has 200 valence electrons. The topological polar surface area (TPSA) is 71.1 Å². The van der Waals surface area contributed by atoms with Gasteiger partial charge in [0.1, 0.15) is 5.00 Å². The van der Waals surface area contributed by atoms with Crippen LogP contribution < -0.4 is 10.6 Å². The summed E-state index contributed by atoms with van der Waals surface area (Å²) in [5.41, 5.74) is 7.57. The summed E-state index contributed by atoms with van der Waals surface area (Å²) in [5.74, 6) is -0.491. The van der Waals surface area contributed by atoms with E-state index in [2.05, 4.69) is 36.6 Å². The van der Waals surface area contributed by atoms with Crippen molar-refractivity contribution in [3.05, 3.63) is 111 Å². The summed E-state index contributed by atoms with van der Waals surface area (Å²) in [7, 11) is 0. The largest absolute Gasteiger partial charge is 0.322 e. The normalized spacial score (nSPS) is 12.7. The maximum absolute atomic E-state index is 13.9. The number of hydrogen-bond donors (Lipinski definition) is 2. The fourth-order valence-electron chi connectivity index (χ4n) is 5.20. The van der Waals surface area contributed by atoms with E-state index in [9.17, 15) is 9.59 Å². The van der Waals surface area contributed by atoms with E-state index in [1.807, 2.05) is 36.4 Å². The summed E-state index contributed by atoms with van der Waals surface area (Å²) in [5, 5.41) is 8.06. The molecule has 0 aliphatic heterocycles. The van der Waals surface area contributed by atoms with Gasteiger partial charge in [-0.3, -0.25) is 9.59 Å². The van der Waals surface area contributed by atoms with Gasteiger partial charge in [-0.1, -0.05) is 41.9 Å². The third-order valence-electron chi connectivity index (χ3n) is 7.49. The summed E-state index contributed by atoms with van der Waals surface area (Å²) < 4.78 is 0. The van der Waals surface area contributed by atoms with Crippen LogP contribution in [-0.2, 0) is 12.8 Å². The third-order valence-corrected chi connectivity index (χ3v) is 8.95. The maximum Gasteiger partial charge on any atom is 0.258 e. The molecule has 0 spiro atoms. The minimum absolute atomic E-state index is 0.229. The van der Waals surface area contributed by atoms with Gasteiger partial charge in [0.15, 0.2) is 0 Å². The Balaban J connectivity index is 1.39. The van der Waals surface area contributed by atoms with Crippen molar-refractivity contribution in [3.8, 4) is 11.3 Å². The molecule has 6 rings (SSSR count). The zero-order chi connectivity index (χ0) is 27.8. The van der Waals surface area contributed by atoms with Gasteiger partial charge >= 0.3 is 0 Å². The first-order valence-corrected chi connectivity index (χ1v) is 14.6. The van der Waals surface area contributed by atoms with Crippen molar-refractivity contribution >= 4 is 56.3 Å². The highest BCUT2D eigenvalue weighted by atomic mass is 35.5. The summed E-state index contributed by atoms with van der Waals surface area (Å²) in [6.07, 6.45) is 3.83. The zero-order valence-electron chi connectivity index (χ0n) is 22.3. The van der Waals surface area contributed by atoms with Gasteiger partial charge in [0.25, 0.3) is 11.8 Å². The van der Waals surface area contributed by atoms with Crippen molar-refractivity contribution in [1.29, 1.82) is 0 Å². The standard InChI is InChI=1S/C33H28ClN3O2S/c1-19-11-12-21(17-20(19)2)28-18-26(24-7-3-5-9-27(24)36-28)31(38)37-33-30(25-8-4-6-10-29(25)40-33)32(39)35-23-15-13-22(34)14-16-23/h3,5,7,9,11-18H,4,6,8,10H2,1-2H3,(H,35,39)(H,37,38). The quantitative estimate of drug-likeness (QED) is 0.224. The second-order valence-corrected chi connectivity index (χ2v) is 11.7. The van der Waals surface area contributed by atoms with Gasteiger partial charge in [-0.05, 0) is 98.7 Å². The van der Waals surface area contributed by atoms with Gasteiger partial charge in [-0.15, -0.1) is 11.3 Å². The number of aromatic nitrogens is 1. The molecule has 2 aromatic heterocycles. The molecule has 7 heteroatoms. The van der Waals surface area contributed by atoms with Crippen LogP contribution in [0.4, 0.5) is 10.7 Å². The fourth-order valence-corrected chi connectivity index (χ4v) is 6.61. The predicted octanol–water partition coefficient (Wildman–Crippen LogP) is 8.62. The van der Waals surface area contributed by atoms with Crippen molar-refractivity contribution in [1.82, 2.24) is 4.98 Å². The third kappa shape index (κ3) is 5.12. The molecule has 0 unspecified atom stereocenters. The second kappa shape index (κ2) is 10.9. The van der Waals surface area contributed by atoms with E-state index in [1.165, 1.54) is 27.3 Å². The number of carbonyl (C=O) groups is 2. The first-order chi connectivity index (χ1) is 19.4. The van der Waals surface area contributed by atoms with Crippen LogP contribution in [0.2, 0.25) is 5.02 Å². The number of fused-ring (bicyclic) bond motifs is 2. The number of hydrogen-bond acceptors (Lipinski definition) is 4. The minimum atomic E-state index is -0.261. The van der Waals surface area contributed by atoms with Crippen LogP contribution in [0.25, 0.3) is 22.2 Å². The van der Waals surface area contributed by atoms with Crippen LogP contribution in [0, 0.1) is 13.8 Å². The van der Waals surface area contributed by atoms with E-state index in [0.717, 1.165) is 53.4 Å². The second-order valence-electron chi connectivity index (χ2n) is 10.2. The summed E-state index contributed by atoms with van der Waals surface area (Å²) in [4.78, 5) is 33.6. The molecule has 0 atom stereocenters. The Morgan fingerprint density at radius 2 is 1.62 bits per heavy atom. The summed E-state index contributed by atoms with van der Waals surface area (Å²) >= 11 is 7.53. The Kier molecular flexibility index (Phi) is 7.13. The van der Waals surface area contributed by atoms with Crippen LogP contribution in [0.15, 0.2) is 72.8 Å². The number of pyridine rings is 1. The van der Waals surface area contributed by atoms with Crippen molar-refractivity contribution in [2.24, 2.45) is 0 Å². The van der Waals surface area contributed by atoms with E-state index in [-0.39, 0.29) is 11.8 Å². The lowest BCUT2D eigenvalue weighted by Gasteiger charge is -2.14. The molecule has 5 aromatic rings. The zero-order valence-corrected chi connectivity index (χ0v) is 23.9. The summed E-state index contributed by atoms with van der Waals surface area (Å²) in [6, 6.07) is 22.7. The monoisotopic (exact) mass is 565 g/mol. The molecule has 0 bridgehead atoms. The molecule has 0 radical (unpaired) electrons. The lowest BCUT2D eigenvalue weighted by atomic mass is 9.95. The first-order valence-electron chi connectivity index (χ1n) is 13.4. The van der Waals surface area contributed by atoms with Gasteiger partial charge in [0, 0.05) is 26.5 Å². The van der Waals surface area contributed by atoms with E-state index >= 15 is 0 Å². The van der Waals surface area contributed by atoms with Gasteiger partial charge in [-0.25, -0.2) is 4.98 Å². The van der Waals surface area contributed by atoms with Crippen LogP contribution in [0.5, 0.6) is 0 Å². The number of thiophene rings is 1. The summed E-state index contributed by atoms with van der Waals surface area (Å²) in [6.45, 7) is 4.15. The molecule has 1 aliphatic carbocycles. The van der Waals surface area contributed by atoms with Crippen LogP contribution in [0.3, 0.4) is 0 Å². The number of benzene rings is 3. The van der Waals surface area contributed by atoms with Gasteiger partial charge in [-0.2, -0.15) is 0 Å². The number of anilines is 2. The Labute approximate surface area is 242 Å². The predicted molar refractivity (Wildman–Crippen MR) is 165 cm³/mol. The highest BCUT2D eigenvalue weighted by Gasteiger charge is 2.27. The Hall–Kier alpha value is -4.00. The molecule has 3 aromatic carbocycles. The molecule has 2 heterocycles. The van der Waals surface area contributed by atoms with Gasteiger partial charge in [0.2, 0.25) is 0 Å². The lowest BCUT2D eigenvalue weighted by Crippen LogP contribution is -2.19. The van der Waals surface area contributed by atoms with Crippen LogP contribution in [0.1, 0.15) is 55.1 Å². The number of halogens is 1. The van der Waals surface area contributed by atoms with Crippen molar-refractivity contribution < 1.29 is 9.59 Å². The molecular formula is C33H28ClN3O2S. The minimum Gasteiger partial charge on any atom is -0.322 e. The Morgan fingerprint density at radius 1 is 0.850 bits per heavy atom. The fraction of sp³-hybridized carbons (Fsp3) is 0.182. The Bertz CT molecular complexity index is 1780.